The van der Waals surface area contributed by atoms with E-state index in [9.17, 15) is 4.79 Å². The molecule has 0 aromatic carbocycles. The SMILES string of the molecule is Cc1cccc(-c2nccc(Nc3ccnc(Cc4cncc(C(=O)OCC5CCNCC5)c4)n3)n2)n1. The number of hydrogen-bond donors (Lipinski definition) is 2. The van der Waals surface area contributed by atoms with E-state index in [1.807, 2.05) is 25.1 Å². The number of esters is 1. The van der Waals surface area contributed by atoms with E-state index < -0.39 is 0 Å². The molecule has 37 heavy (non-hydrogen) atoms. The molecule has 4 aromatic rings. The van der Waals surface area contributed by atoms with Gasteiger partial charge in [0.2, 0.25) is 0 Å². The zero-order valence-corrected chi connectivity index (χ0v) is 20.6. The van der Waals surface area contributed by atoms with Crippen molar-refractivity contribution >= 4 is 17.6 Å². The Morgan fingerprint density at radius 3 is 2.68 bits per heavy atom. The van der Waals surface area contributed by atoms with E-state index in [0.717, 1.165) is 37.2 Å². The third-order valence-electron chi connectivity index (χ3n) is 6.04. The van der Waals surface area contributed by atoms with Crippen molar-refractivity contribution in [3.63, 3.8) is 0 Å². The first-order valence-electron chi connectivity index (χ1n) is 12.3. The van der Waals surface area contributed by atoms with Crippen LogP contribution in [0.15, 0.2) is 61.2 Å². The Morgan fingerprint density at radius 2 is 1.84 bits per heavy atom. The average Bonchev–Trinajstić information content (AvgIpc) is 2.93. The molecule has 4 aromatic heterocycles. The lowest BCUT2D eigenvalue weighted by atomic mass is 9.99. The molecule has 1 aliphatic rings. The molecule has 2 N–H and O–H groups in total. The molecule has 0 atom stereocenters. The van der Waals surface area contributed by atoms with Gasteiger partial charge in [-0.15, -0.1) is 0 Å². The van der Waals surface area contributed by atoms with E-state index in [-0.39, 0.29) is 5.97 Å². The van der Waals surface area contributed by atoms with Crippen molar-refractivity contribution in [1.82, 2.24) is 35.2 Å². The van der Waals surface area contributed by atoms with Crippen LogP contribution in [0.2, 0.25) is 0 Å². The van der Waals surface area contributed by atoms with Crippen molar-refractivity contribution in [2.24, 2.45) is 5.92 Å². The number of carbonyl (C=O) groups is 1. The summed E-state index contributed by atoms with van der Waals surface area (Å²) in [5.74, 6) is 2.35. The Balaban J connectivity index is 1.23. The van der Waals surface area contributed by atoms with Crippen molar-refractivity contribution in [2.75, 3.05) is 25.0 Å². The Labute approximate surface area is 215 Å². The summed E-state index contributed by atoms with van der Waals surface area (Å²) >= 11 is 0. The zero-order valence-electron chi connectivity index (χ0n) is 20.6. The number of pyridine rings is 2. The molecule has 10 heteroatoms. The maximum Gasteiger partial charge on any atom is 0.339 e. The van der Waals surface area contributed by atoms with Gasteiger partial charge in [-0.05, 0) is 74.7 Å². The highest BCUT2D eigenvalue weighted by Crippen LogP contribution is 2.18. The maximum absolute atomic E-state index is 12.6. The molecule has 1 fully saturated rings. The van der Waals surface area contributed by atoms with Gasteiger partial charge in [-0.25, -0.2) is 29.7 Å². The fourth-order valence-corrected chi connectivity index (χ4v) is 4.11. The molecule has 0 spiro atoms. The summed E-state index contributed by atoms with van der Waals surface area (Å²) in [6, 6.07) is 11.0. The molecule has 0 unspecified atom stereocenters. The highest BCUT2D eigenvalue weighted by Gasteiger charge is 2.17. The third-order valence-corrected chi connectivity index (χ3v) is 6.04. The molecule has 1 saturated heterocycles. The number of rotatable bonds is 8. The van der Waals surface area contributed by atoms with Crippen LogP contribution in [0.3, 0.4) is 0 Å². The van der Waals surface area contributed by atoms with Gasteiger partial charge in [-0.3, -0.25) is 4.98 Å². The average molecular weight is 497 g/mol. The van der Waals surface area contributed by atoms with Gasteiger partial charge >= 0.3 is 5.97 Å². The molecule has 0 aliphatic carbocycles. The lowest BCUT2D eigenvalue weighted by molar-refractivity contribution is 0.0415. The van der Waals surface area contributed by atoms with Crippen molar-refractivity contribution in [3.8, 4) is 11.5 Å². The molecule has 0 bridgehead atoms. The summed E-state index contributed by atoms with van der Waals surface area (Å²) in [4.78, 5) is 39.2. The fourth-order valence-electron chi connectivity index (χ4n) is 4.11. The van der Waals surface area contributed by atoms with Gasteiger partial charge in [-0.1, -0.05) is 6.07 Å². The molecule has 10 nitrogen and oxygen atoms in total. The topological polar surface area (TPSA) is 128 Å². The molecule has 1 aliphatic heterocycles. The number of aromatic nitrogens is 6. The molecule has 5 heterocycles. The first-order valence-corrected chi connectivity index (χ1v) is 12.3. The van der Waals surface area contributed by atoms with Gasteiger partial charge in [0, 0.05) is 36.9 Å². The highest BCUT2D eigenvalue weighted by atomic mass is 16.5. The van der Waals surface area contributed by atoms with Gasteiger partial charge < -0.3 is 15.4 Å². The standard InChI is InChI=1S/C27H28N8O2/c1-18-3-2-4-22(32-18)26-31-12-8-24(35-26)33-23-7-11-30-25(34-23)14-20-13-21(16-29-15-20)27(36)37-17-19-5-9-28-10-6-19/h2-4,7-8,11-13,15-16,19,28H,5-6,9-10,14,17H2,1H3,(H,30,31,33,34,35). The van der Waals surface area contributed by atoms with Crippen molar-refractivity contribution in [2.45, 2.75) is 26.2 Å². The second-order valence-electron chi connectivity index (χ2n) is 8.96. The monoisotopic (exact) mass is 496 g/mol. The fraction of sp³-hybridized carbons (Fsp3) is 0.296. The van der Waals surface area contributed by atoms with E-state index in [1.165, 1.54) is 6.20 Å². The van der Waals surface area contributed by atoms with Crippen LogP contribution in [0.25, 0.3) is 11.5 Å². The summed E-state index contributed by atoms with van der Waals surface area (Å²) in [7, 11) is 0. The quantitative estimate of drug-likeness (QED) is 0.350. The summed E-state index contributed by atoms with van der Waals surface area (Å²) in [5.41, 5.74) is 2.85. The molecular weight excluding hydrogens is 468 g/mol. The lowest BCUT2D eigenvalue weighted by Crippen LogP contribution is -2.30. The van der Waals surface area contributed by atoms with Crippen molar-refractivity contribution in [3.05, 3.63) is 83.8 Å². The molecule has 0 radical (unpaired) electrons. The molecular formula is C27H28N8O2. The van der Waals surface area contributed by atoms with Crippen LogP contribution in [0.5, 0.6) is 0 Å². The predicted octanol–water partition coefficient (Wildman–Crippen LogP) is 3.52. The van der Waals surface area contributed by atoms with Crippen LogP contribution >= 0.6 is 0 Å². The van der Waals surface area contributed by atoms with E-state index in [0.29, 0.717) is 53.5 Å². The number of nitrogens with one attached hydrogen (secondary N) is 2. The van der Waals surface area contributed by atoms with Gasteiger partial charge in [-0.2, -0.15) is 0 Å². The smallest absolute Gasteiger partial charge is 0.339 e. The number of nitrogens with zero attached hydrogens (tertiary/aromatic N) is 6. The van der Waals surface area contributed by atoms with Gasteiger partial charge in [0.05, 0.1) is 12.2 Å². The number of anilines is 2. The summed E-state index contributed by atoms with van der Waals surface area (Å²) < 4.78 is 5.54. The predicted molar refractivity (Wildman–Crippen MR) is 138 cm³/mol. The summed E-state index contributed by atoms with van der Waals surface area (Å²) in [5, 5.41) is 6.53. The Hall–Kier alpha value is -4.31. The number of carbonyl (C=O) groups excluding carboxylic acids is 1. The second-order valence-corrected chi connectivity index (χ2v) is 8.96. The molecule has 0 amide bonds. The van der Waals surface area contributed by atoms with Crippen LogP contribution < -0.4 is 10.6 Å². The first-order chi connectivity index (χ1) is 18.1. The minimum Gasteiger partial charge on any atom is -0.462 e. The second kappa shape index (κ2) is 11.6. The molecule has 0 saturated carbocycles. The van der Waals surface area contributed by atoms with E-state index >= 15 is 0 Å². The first kappa shape index (κ1) is 24.4. The zero-order chi connectivity index (χ0) is 25.5. The maximum atomic E-state index is 12.6. The normalized spacial score (nSPS) is 13.8. The lowest BCUT2D eigenvalue weighted by Gasteiger charge is -2.22. The molecule has 188 valence electrons. The Kier molecular flexibility index (Phi) is 7.66. The van der Waals surface area contributed by atoms with Crippen LogP contribution in [0.1, 0.15) is 40.3 Å². The van der Waals surface area contributed by atoms with Gasteiger partial charge in [0.25, 0.3) is 0 Å². The largest absolute Gasteiger partial charge is 0.462 e. The van der Waals surface area contributed by atoms with Crippen LogP contribution in [-0.2, 0) is 11.2 Å². The number of hydrogen-bond acceptors (Lipinski definition) is 10. The number of aryl methyl sites for hydroxylation is 1. The van der Waals surface area contributed by atoms with Gasteiger partial charge in [0.15, 0.2) is 5.82 Å². The number of piperidine rings is 1. The van der Waals surface area contributed by atoms with Crippen LogP contribution in [0, 0.1) is 12.8 Å². The minimum absolute atomic E-state index is 0.355. The number of ether oxygens (including phenoxy) is 1. The van der Waals surface area contributed by atoms with Crippen LogP contribution in [-0.4, -0.2) is 55.6 Å². The van der Waals surface area contributed by atoms with E-state index in [4.69, 9.17) is 4.74 Å². The van der Waals surface area contributed by atoms with E-state index in [1.54, 1.807) is 36.8 Å². The van der Waals surface area contributed by atoms with Crippen molar-refractivity contribution in [1.29, 1.82) is 0 Å². The third kappa shape index (κ3) is 6.68. The van der Waals surface area contributed by atoms with Gasteiger partial charge in [0.1, 0.15) is 23.2 Å². The molecule has 5 rings (SSSR count). The Bertz CT molecular complexity index is 1370. The van der Waals surface area contributed by atoms with E-state index in [2.05, 4.69) is 40.5 Å². The Morgan fingerprint density at radius 1 is 1.03 bits per heavy atom. The highest BCUT2D eigenvalue weighted by molar-refractivity contribution is 5.89. The minimum atomic E-state index is -0.355. The van der Waals surface area contributed by atoms with Crippen molar-refractivity contribution < 1.29 is 9.53 Å². The van der Waals surface area contributed by atoms with Crippen LogP contribution in [0.4, 0.5) is 11.6 Å². The summed E-state index contributed by atoms with van der Waals surface area (Å²) in [6.07, 6.45) is 9.05. The summed E-state index contributed by atoms with van der Waals surface area (Å²) in [6.45, 7) is 4.30.